The predicted molar refractivity (Wildman–Crippen MR) is 136 cm³/mol. The van der Waals surface area contributed by atoms with Crippen molar-refractivity contribution in [1.29, 1.82) is 0 Å². The van der Waals surface area contributed by atoms with Crippen LogP contribution in [0.2, 0.25) is 5.02 Å². The van der Waals surface area contributed by atoms with Crippen molar-refractivity contribution in [3.63, 3.8) is 0 Å². The number of likely N-dealkylation sites (tertiary alicyclic amines) is 1. The maximum atomic E-state index is 13.4. The molecule has 0 spiro atoms. The molecule has 0 radical (unpaired) electrons. The van der Waals surface area contributed by atoms with Crippen LogP contribution in [0.5, 0.6) is 5.75 Å². The highest BCUT2D eigenvalue weighted by Crippen LogP contribution is 2.29. The second kappa shape index (κ2) is 11.6. The number of nitrogens with zero attached hydrogens (tertiary/aromatic N) is 3. The number of ether oxygens (including phenoxy) is 1. The molecule has 0 bridgehead atoms. The normalized spacial score (nSPS) is 15.3. The summed E-state index contributed by atoms with van der Waals surface area (Å²) in [4.78, 5) is 21.7. The lowest BCUT2D eigenvalue weighted by Gasteiger charge is -2.40. The van der Waals surface area contributed by atoms with Gasteiger partial charge in [0.25, 0.3) is 5.91 Å². The summed E-state index contributed by atoms with van der Waals surface area (Å²) in [6, 6.07) is 18.4. The number of carbonyl (C=O) groups excluding carboxylic acids is 1. The van der Waals surface area contributed by atoms with Crippen LogP contribution < -0.4 is 4.74 Å². The molecule has 1 atom stereocenters. The summed E-state index contributed by atoms with van der Waals surface area (Å²) in [5.74, 6) is 0.675. The van der Waals surface area contributed by atoms with Gasteiger partial charge in [0.1, 0.15) is 11.6 Å². The second-order valence-electron chi connectivity index (χ2n) is 9.11. The number of methoxy groups -OCH3 is 1. The standard InChI is InChI=1S/C28H31ClFN3O2/c1-32(19-23-7-3-4-13-31-23)27(17-20-6-5-8-24(16-20)35-2)21-11-14-33(15-12-21)28(34)25-10-9-22(30)18-26(25)29/h3-10,13,16,18,21,27H,11-12,14-15,17,19H2,1-2H3/t27-/m1/s1. The Morgan fingerprint density at radius 1 is 1.17 bits per heavy atom. The zero-order chi connectivity index (χ0) is 24.8. The van der Waals surface area contributed by atoms with Crippen molar-refractivity contribution < 1.29 is 13.9 Å². The van der Waals surface area contributed by atoms with Gasteiger partial charge in [0.15, 0.2) is 0 Å². The van der Waals surface area contributed by atoms with E-state index >= 15 is 0 Å². The molecule has 35 heavy (non-hydrogen) atoms. The van der Waals surface area contributed by atoms with Crippen LogP contribution in [0.1, 0.15) is 34.5 Å². The van der Waals surface area contributed by atoms with Crippen molar-refractivity contribution in [3.8, 4) is 5.75 Å². The van der Waals surface area contributed by atoms with E-state index in [2.05, 4.69) is 29.1 Å². The number of benzene rings is 2. The Labute approximate surface area is 211 Å². The number of aromatic nitrogens is 1. The van der Waals surface area contributed by atoms with Crippen molar-refractivity contribution in [2.45, 2.75) is 31.8 Å². The number of hydrogen-bond donors (Lipinski definition) is 0. The number of amides is 1. The van der Waals surface area contributed by atoms with Crippen LogP contribution >= 0.6 is 11.6 Å². The molecule has 7 heteroatoms. The Morgan fingerprint density at radius 2 is 1.97 bits per heavy atom. The molecule has 3 aromatic rings. The van der Waals surface area contributed by atoms with Crippen LogP contribution in [0.25, 0.3) is 0 Å². The van der Waals surface area contributed by atoms with Gasteiger partial charge in [-0.2, -0.15) is 0 Å². The van der Waals surface area contributed by atoms with Gasteiger partial charge < -0.3 is 9.64 Å². The largest absolute Gasteiger partial charge is 0.497 e. The van der Waals surface area contributed by atoms with Crippen LogP contribution in [0.3, 0.4) is 0 Å². The van der Waals surface area contributed by atoms with E-state index in [1.54, 1.807) is 7.11 Å². The maximum absolute atomic E-state index is 13.4. The van der Waals surface area contributed by atoms with Crippen molar-refractivity contribution in [1.82, 2.24) is 14.8 Å². The van der Waals surface area contributed by atoms with Crippen LogP contribution in [0.4, 0.5) is 4.39 Å². The molecule has 5 nitrogen and oxygen atoms in total. The van der Waals surface area contributed by atoms with Crippen molar-refractivity contribution in [3.05, 3.63) is 94.5 Å². The Kier molecular flexibility index (Phi) is 8.37. The molecule has 0 N–H and O–H groups in total. The number of halogens is 2. The fourth-order valence-electron chi connectivity index (χ4n) is 4.91. The first kappa shape index (κ1) is 25.1. The van der Waals surface area contributed by atoms with E-state index in [0.717, 1.165) is 37.3 Å². The van der Waals surface area contributed by atoms with Gasteiger partial charge in [-0.15, -0.1) is 0 Å². The Bertz CT molecular complexity index is 1140. The molecule has 4 rings (SSSR count). The molecule has 1 saturated heterocycles. The van der Waals surface area contributed by atoms with Gasteiger partial charge in [-0.05, 0) is 80.3 Å². The Hall–Kier alpha value is -2.96. The quantitative estimate of drug-likeness (QED) is 0.415. The number of carbonyl (C=O) groups is 1. The summed E-state index contributed by atoms with van der Waals surface area (Å²) in [5.41, 5.74) is 2.61. The average molecular weight is 496 g/mol. The summed E-state index contributed by atoms with van der Waals surface area (Å²) in [5, 5.41) is 0.156. The zero-order valence-corrected chi connectivity index (χ0v) is 20.9. The van der Waals surface area contributed by atoms with E-state index in [1.807, 2.05) is 41.4 Å². The van der Waals surface area contributed by atoms with Crippen LogP contribution in [-0.2, 0) is 13.0 Å². The van der Waals surface area contributed by atoms with Gasteiger partial charge in [0.2, 0.25) is 0 Å². The monoisotopic (exact) mass is 495 g/mol. The first-order valence-corrected chi connectivity index (χ1v) is 12.3. The molecule has 0 saturated carbocycles. The van der Waals surface area contributed by atoms with Gasteiger partial charge in [-0.3, -0.25) is 14.7 Å². The predicted octanol–water partition coefficient (Wildman–Crippen LogP) is 5.48. The molecule has 1 amide bonds. The van der Waals surface area contributed by atoms with Crippen LogP contribution in [-0.4, -0.2) is 54.0 Å². The molecular weight excluding hydrogens is 465 g/mol. The summed E-state index contributed by atoms with van der Waals surface area (Å²) < 4.78 is 18.9. The smallest absolute Gasteiger partial charge is 0.255 e. The zero-order valence-electron chi connectivity index (χ0n) is 20.2. The molecule has 1 fully saturated rings. The highest BCUT2D eigenvalue weighted by Gasteiger charge is 2.32. The van der Waals surface area contributed by atoms with Crippen molar-refractivity contribution in [2.24, 2.45) is 5.92 Å². The van der Waals surface area contributed by atoms with Crippen molar-refractivity contribution in [2.75, 3.05) is 27.2 Å². The first-order chi connectivity index (χ1) is 16.9. The van der Waals surface area contributed by atoms with Gasteiger partial charge in [-0.25, -0.2) is 4.39 Å². The summed E-state index contributed by atoms with van der Waals surface area (Å²) in [6.45, 7) is 2.03. The number of rotatable bonds is 8. The molecule has 0 unspecified atom stereocenters. The minimum absolute atomic E-state index is 0.139. The Morgan fingerprint density at radius 3 is 2.66 bits per heavy atom. The minimum atomic E-state index is -0.443. The number of pyridine rings is 1. The third kappa shape index (κ3) is 6.38. The Balaban J connectivity index is 1.48. The molecule has 1 aliphatic heterocycles. The summed E-state index contributed by atoms with van der Waals surface area (Å²) in [6.07, 6.45) is 4.46. The number of likely N-dealkylation sites (N-methyl/N-ethyl adjacent to an activating group) is 1. The summed E-state index contributed by atoms with van der Waals surface area (Å²) in [7, 11) is 3.83. The lowest BCUT2D eigenvalue weighted by atomic mass is 9.84. The first-order valence-electron chi connectivity index (χ1n) is 11.9. The van der Waals surface area contributed by atoms with Gasteiger partial charge >= 0.3 is 0 Å². The number of hydrogen-bond acceptors (Lipinski definition) is 4. The summed E-state index contributed by atoms with van der Waals surface area (Å²) >= 11 is 6.15. The average Bonchev–Trinajstić information content (AvgIpc) is 2.88. The van der Waals surface area contributed by atoms with Gasteiger partial charge in [0, 0.05) is 31.9 Å². The molecule has 1 aliphatic rings. The third-order valence-corrected chi connectivity index (χ3v) is 7.13. The fraction of sp³-hybridized carbons (Fsp3) is 0.357. The van der Waals surface area contributed by atoms with Crippen LogP contribution in [0, 0.1) is 11.7 Å². The van der Waals surface area contributed by atoms with E-state index in [-0.39, 0.29) is 17.0 Å². The highest BCUT2D eigenvalue weighted by molar-refractivity contribution is 6.33. The molecule has 184 valence electrons. The molecule has 0 aliphatic carbocycles. The van der Waals surface area contributed by atoms with E-state index in [9.17, 15) is 9.18 Å². The van der Waals surface area contributed by atoms with E-state index < -0.39 is 5.82 Å². The van der Waals surface area contributed by atoms with Crippen molar-refractivity contribution >= 4 is 17.5 Å². The second-order valence-corrected chi connectivity index (χ2v) is 9.52. The molecule has 2 aromatic carbocycles. The van der Waals surface area contributed by atoms with Gasteiger partial charge in [0.05, 0.1) is 23.4 Å². The fourth-order valence-corrected chi connectivity index (χ4v) is 5.16. The topological polar surface area (TPSA) is 45.7 Å². The van der Waals surface area contributed by atoms with Crippen LogP contribution in [0.15, 0.2) is 66.9 Å². The van der Waals surface area contributed by atoms with Gasteiger partial charge in [-0.1, -0.05) is 29.8 Å². The van der Waals surface area contributed by atoms with E-state index in [4.69, 9.17) is 16.3 Å². The third-order valence-electron chi connectivity index (χ3n) is 6.82. The maximum Gasteiger partial charge on any atom is 0.255 e. The number of piperidine rings is 1. The minimum Gasteiger partial charge on any atom is -0.497 e. The molecule has 2 heterocycles. The lowest BCUT2D eigenvalue weighted by molar-refractivity contribution is 0.0602. The van der Waals surface area contributed by atoms with E-state index in [1.165, 1.54) is 23.8 Å². The molecule has 1 aromatic heterocycles. The SMILES string of the molecule is COc1cccc(C[C@H](C2CCN(C(=O)c3ccc(F)cc3Cl)CC2)N(C)Cc2ccccn2)c1. The lowest BCUT2D eigenvalue weighted by Crippen LogP contribution is -2.46. The highest BCUT2D eigenvalue weighted by atomic mass is 35.5. The molecular formula is C28H31ClFN3O2. The van der Waals surface area contributed by atoms with E-state index in [0.29, 0.717) is 24.6 Å².